The number of nitrogens with one attached hydrogen (secondary N) is 1. The molecule has 2 atom stereocenters. The highest BCUT2D eigenvalue weighted by Gasteiger charge is 2.29. The third-order valence-electron chi connectivity index (χ3n) is 3.98. The molecular weight excluding hydrogens is 198 g/mol. The monoisotopic (exact) mass is 217 g/mol. The average molecular weight is 217 g/mol. The predicted molar refractivity (Wildman–Crippen MR) is 65.6 cm³/mol. The molecule has 0 saturated carbocycles. The summed E-state index contributed by atoms with van der Waals surface area (Å²) in [6, 6.07) is 4.96. The van der Waals surface area contributed by atoms with Crippen molar-refractivity contribution in [1.82, 2.24) is 10.3 Å². The van der Waals surface area contributed by atoms with Crippen molar-refractivity contribution in [3.05, 3.63) is 24.5 Å². The summed E-state index contributed by atoms with van der Waals surface area (Å²) in [5.74, 6) is 0.904. The molecule has 0 spiro atoms. The fourth-order valence-corrected chi connectivity index (χ4v) is 3.03. The van der Waals surface area contributed by atoms with E-state index in [9.17, 15) is 0 Å². The van der Waals surface area contributed by atoms with Gasteiger partial charge in [-0.25, -0.2) is 0 Å². The third kappa shape index (κ3) is 1.92. The Morgan fingerprint density at radius 2 is 2.19 bits per heavy atom. The van der Waals surface area contributed by atoms with E-state index in [-0.39, 0.29) is 0 Å². The van der Waals surface area contributed by atoms with Crippen molar-refractivity contribution >= 4 is 5.69 Å². The van der Waals surface area contributed by atoms with Crippen LogP contribution in [0.2, 0.25) is 0 Å². The van der Waals surface area contributed by atoms with Gasteiger partial charge in [-0.05, 0) is 43.9 Å². The van der Waals surface area contributed by atoms with Gasteiger partial charge in [-0.15, -0.1) is 0 Å². The van der Waals surface area contributed by atoms with Crippen molar-refractivity contribution < 1.29 is 0 Å². The second kappa shape index (κ2) is 4.42. The van der Waals surface area contributed by atoms with Crippen LogP contribution in [0.5, 0.6) is 0 Å². The first-order valence-corrected chi connectivity index (χ1v) is 6.32. The van der Waals surface area contributed by atoms with Crippen LogP contribution >= 0.6 is 0 Å². The van der Waals surface area contributed by atoms with Crippen LogP contribution in [0.1, 0.15) is 19.3 Å². The summed E-state index contributed by atoms with van der Waals surface area (Å²) in [4.78, 5) is 6.68. The Hall–Kier alpha value is -1.09. The molecule has 2 fully saturated rings. The minimum absolute atomic E-state index is 0.765. The molecule has 0 aromatic carbocycles. The van der Waals surface area contributed by atoms with Gasteiger partial charge in [-0.2, -0.15) is 0 Å². The molecule has 0 radical (unpaired) electrons. The number of anilines is 1. The Balaban J connectivity index is 1.71. The standard InChI is InChI=1S/C13H19N3/c1-2-12(10-14-6-1)16-8-4-11-3-7-15-13(11)5-9-16/h1-2,6,10-11,13,15H,3-5,7-9H2/t11-,13+/m1/s1. The van der Waals surface area contributed by atoms with Crippen molar-refractivity contribution in [2.24, 2.45) is 5.92 Å². The molecular formula is C13H19N3. The molecule has 3 nitrogen and oxygen atoms in total. The topological polar surface area (TPSA) is 28.2 Å². The van der Waals surface area contributed by atoms with E-state index in [2.05, 4.69) is 21.3 Å². The zero-order valence-corrected chi connectivity index (χ0v) is 9.60. The van der Waals surface area contributed by atoms with Gasteiger partial charge >= 0.3 is 0 Å². The molecule has 0 aliphatic carbocycles. The summed E-state index contributed by atoms with van der Waals surface area (Å²) in [5.41, 5.74) is 1.28. The Bertz CT molecular complexity index is 324. The van der Waals surface area contributed by atoms with Gasteiger partial charge in [-0.1, -0.05) is 0 Å². The number of fused-ring (bicyclic) bond motifs is 1. The maximum Gasteiger partial charge on any atom is 0.0552 e. The predicted octanol–water partition coefficient (Wildman–Crippen LogP) is 1.66. The fraction of sp³-hybridized carbons (Fsp3) is 0.615. The van der Waals surface area contributed by atoms with Crippen molar-refractivity contribution in [3.8, 4) is 0 Å². The smallest absolute Gasteiger partial charge is 0.0552 e. The summed E-state index contributed by atoms with van der Waals surface area (Å²) in [7, 11) is 0. The van der Waals surface area contributed by atoms with Crippen LogP contribution in [0.4, 0.5) is 5.69 Å². The lowest BCUT2D eigenvalue weighted by molar-refractivity contribution is 0.436. The second-order valence-electron chi connectivity index (χ2n) is 4.88. The highest BCUT2D eigenvalue weighted by molar-refractivity contribution is 5.43. The van der Waals surface area contributed by atoms with Gasteiger partial charge in [0.1, 0.15) is 0 Å². The van der Waals surface area contributed by atoms with Crippen LogP contribution < -0.4 is 10.2 Å². The summed E-state index contributed by atoms with van der Waals surface area (Å²) in [5, 5.41) is 3.63. The molecule has 3 heterocycles. The zero-order chi connectivity index (χ0) is 10.8. The first-order chi connectivity index (χ1) is 7.93. The number of hydrogen-bond donors (Lipinski definition) is 1. The molecule has 1 aromatic rings. The van der Waals surface area contributed by atoms with Crippen LogP contribution in [0, 0.1) is 5.92 Å². The molecule has 3 heteroatoms. The van der Waals surface area contributed by atoms with Crippen molar-refractivity contribution in [1.29, 1.82) is 0 Å². The highest BCUT2D eigenvalue weighted by Crippen LogP contribution is 2.27. The van der Waals surface area contributed by atoms with Crippen LogP contribution in [0.15, 0.2) is 24.5 Å². The molecule has 86 valence electrons. The molecule has 1 aromatic heterocycles. The van der Waals surface area contributed by atoms with Gasteiger partial charge in [0.05, 0.1) is 11.9 Å². The minimum Gasteiger partial charge on any atom is -0.370 e. The maximum atomic E-state index is 4.21. The van der Waals surface area contributed by atoms with Gasteiger partial charge in [-0.3, -0.25) is 4.98 Å². The summed E-state index contributed by atoms with van der Waals surface area (Å²) in [6.45, 7) is 3.58. The van der Waals surface area contributed by atoms with Gasteiger partial charge in [0.25, 0.3) is 0 Å². The van der Waals surface area contributed by atoms with E-state index in [1.165, 1.54) is 44.6 Å². The van der Waals surface area contributed by atoms with Gasteiger partial charge in [0, 0.05) is 25.3 Å². The van der Waals surface area contributed by atoms with E-state index in [0.29, 0.717) is 0 Å². The molecule has 0 unspecified atom stereocenters. The summed E-state index contributed by atoms with van der Waals surface area (Å²) in [6.07, 6.45) is 7.80. The lowest BCUT2D eigenvalue weighted by Gasteiger charge is -2.22. The first-order valence-electron chi connectivity index (χ1n) is 6.32. The van der Waals surface area contributed by atoms with E-state index in [1.54, 1.807) is 0 Å². The number of hydrogen-bond acceptors (Lipinski definition) is 3. The number of aromatic nitrogens is 1. The average Bonchev–Trinajstić information content (AvgIpc) is 2.70. The van der Waals surface area contributed by atoms with E-state index < -0.39 is 0 Å². The van der Waals surface area contributed by atoms with E-state index >= 15 is 0 Å². The number of nitrogens with zero attached hydrogens (tertiary/aromatic N) is 2. The normalized spacial score (nSPS) is 29.9. The van der Waals surface area contributed by atoms with Crippen molar-refractivity contribution in [2.75, 3.05) is 24.5 Å². The second-order valence-corrected chi connectivity index (χ2v) is 4.88. The molecule has 16 heavy (non-hydrogen) atoms. The molecule has 1 N–H and O–H groups in total. The third-order valence-corrected chi connectivity index (χ3v) is 3.98. The number of rotatable bonds is 1. The molecule has 3 rings (SSSR count). The largest absolute Gasteiger partial charge is 0.370 e. The SMILES string of the molecule is c1cncc(N2CC[C@H]3CCN[C@H]3CC2)c1. The fourth-order valence-electron chi connectivity index (χ4n) is 3.03. The highest BCUT2D eigenvalue weighted by atomic mass is 15.1. The Kier molecular flexibility index (Phi) is 2.79. The molecule has 0 amide bonds. The van der Waals surface area contributed by atoms with Gasteiger partial charge in [0.2, 0.25) is 0 Å². The van der Waals surface area contributed by atoms with E-state index in [0.717, 1.165) is 12.0 Å². The van der Waals surface area contributed by atoms with Crippen LogP contribution in [0.25, 0.3) is 0 Å². The summed E-state index contributed by atoms with van der Waals surface area (Å²) < 4.78 is 0. The van der Waals surface area contributed by atoms with Crippen molar-refractivity contribution in [3.63, 3.8) is 0 Å². The lowest BCUT2D eigenvalue weighted by Crippen LogP contribution is -2.28. The zero-order valence-electron chi connectivity index (χ0n) is 9.60. The van der Waals surface area contributed by atoms with Crippen LogP contribution in [0.3, 0.4) is 0 Å². The molecule has 2 aliphatic rings. The first kappa shape index (κ1) is 10.1. The molecule has 2 aliphatic heterocycles. The summed E-state index contributed by atoms with van der Waals surface area (Å²) >= 11 is 0. The van der Waals surface area contributed by atoms with Crippen LogP contribution in [-0.2, 0) is 0 Å². The Morgan fingerprint density at radius 3 is 3.06 bits per heavy atom. The number of pyridine rings is 1. The minimum atomic E-state index is 0.765. The maximum absolute atomic E-state index is 4.21. The molecule has 0 bridgehead atoms. The van der Waals surface area contributed by atoms with Gasteiger partial charge < -0.3 is 10.2 Å². The lowest BCUT2D eigenvalue weighted by atomic mass is 9.96. The Morgan fingerprint density at radius 1 is 1.25 bits per heavy atom. The molecule has 2 saturated heterocycles. The Labute approximate surface area is 96.9 Å². The van der Waals surface area contributed by atoms with Gasteiger partial charge in [0.15, 0.2) is 0 Å². The van der Waals surface area contributed by atoms with E-state index in [1.807, 2.05) is 18.5 Å². The van der Waals surface area contributed by atoms with E-state index in [4.69, 9.17) is 0 Å². The van der Waals surface area contributed by atoms with Crippen LogP contribution in [-0.4, -0.2) is 30.7 Å². The van der Waals surface area contributed by atoms with Crippen molar-refractivity contribution in [2.45, 2.75) is 25.3 Å². The quantitative estimate of drug-likeness (QED) is 0.775.